The van der Waals surface area contributed by atoms with Gasteiger partial charge in [-0.2, -0.15) is 5.10 Å². The SMILES string of the molecule is COc1c(N2CCN(/N=C/c3c4c(O)c5c(O)c(C)c6c(c5c3O)/C(=N/O)[C@@](C)(O/C=C/[C@H](OC)[C@@H](C)[C@@H](OC(C)=O)[C@H](C)[C@H](O)[C@H](C)[C@@H](O)[C@@H](C)/C=C/C=C(/C)C(=O)N4)O6)C(C)C2)c(F)cc2c(=O)c(C)cn(C3CC3)c12. The minimum absolute atomic E-state index is 0.0397. The normalized spacial score (nSPS) is 29.4. The van der Waals surface area contributed by atoms with E-state index in [4.69, 9.17) is 28.8 Å². The molecular weight excluding hydrogens is 1010 g/mol. The molecule has 0 spiro atoms. The zero-order chi connectivity index (χ0) is 57.0. The Morgan fingerprint density at radius 2 is 1.65 bits per heavy atom. The first-order chi connectivity index (χ1) is 36.9. The summed E-state index contributed by atoms with van der Waals surface area (Å²) in [5.74, 6) is -8.33. The number of methoxy groups -OCH3 is 2. The smallest absolute Gasteiger partial charge is 0.302 e. The van der Waals surface area contributed by atoms with E-state index < -0.39 is 94.9 Å². The van der Waals surface area contributed by atoms with Crippen molar-refractivity contribution in [2.45, 2.75) is 124 Å². The predicted molar refractivity (Wildman–Crippen MR) is 292 cm³/mol. The summed E-state index contributed by atoms with van der Waals surface area (Å²) in [6.45, 7) is 16.7. The molecule has 1 saturated carbocycles. The van der Waals surface area contributed by atoms with Crippen molar-refractivity contribution in [1.29, 1.82) is 0 Å². The molecule has 1 saturated heterocycles. The Balaban J connectivity index is 1.23. The number of anilines is 2. The van der Waals surface area contributed by atoms with Gasteiger partial charge in [0.15, 0.2) is 28.5 Å². The second-order valence-electron chi connectivity index (χ2n) is 21.4. The zero-order valence-corrected chi connectivity index (χ0v) is 46.0. The number of phenols is 3. The molecule has 4 aliphatic heterocycles. The Hall–Kier alpha value is -7.36. The number of aromatic nitrogens is 1. The first-order valence-corrected chi connectivity index (χ1v) is 26.1. The van der Waals surface area contributed by atoms with E-state index in [1.165, 1.54) is 72.6 Å². The van der Waals surface area contributed by atoms with Crippen LogP contribution in [0.2, 0.25) is 0 Å². The minimum Gasteiger partial charge on any atom is -0.507 e. The predicted octanol–water partition coefficient (Wildman–Crippen LogP) is 7.40. The number of fused-ring (bicyclic) bond motifs is 15. The van der Waals surface area contributed by atoms with Crippen LogP contribution in [0, 0.1) is 43.3 Å². The number of phenolic OH excluding ortho intramolecular Hbond substituents is 3. The van der Waals surface area contributed by atoms with E-state index in [0.29, 0.717) is 11.1 Å². The van der Waals surface area contributed by atoms with E-state index in [1.54, 1.807) is 58.0 Å². The number of hydrogen-bond donors (Lipinski definition) is 7. The monoisotopic (exact) mass is 1080 g/mol. The maximum Gasteiger partial charge on any atom is 0.302 e. The fourth-order valence-corrected chi connectivity index (χ4v) is 11.2. The first kappa shape index (κ1) is 56.8. The van der Waals surface area contributed by atoms with E-state index in [2.05, 4.69) is 10.5 Å². The molecule has 5 aliphatic rings. The molecule has 7 N–H and O–H groups in total. The molecule has 78 heavy (non-hydrogen) atoms. The third-order valence-electron chi connectivity index (χ3n) is 15.9. The van der Waals surface area contributed by atoms with Crippen LogP contribution >= 0.6 is 0 Å². The number of nitrogens with zero attached hydrogens (tertiary/aromatic N) is 5. The number of oxime groups is 1. The van der Waals surface area contributed by atoms with Crippen LogP contribution in [0.25, 0.3) is 21.7 Å². The van der Waals surface area contributed by atoms with Crippen LogP contribution < -0.4 is 25.1 Å². The minimum atomic E-state index is -1.98. The largest absolute Gasteiger partial charge is 0.507 e. The average Bonchev–Trinajstić information content (AvgIpc) is 4.39. The van der Waals surface area contributed by atoms with Crippen LogP contribution in [0.3, 0.4) is 0 Å². The van der Waals surface area contributed by atoms with Gasteiger partial charge in [0, 0.05) is 92.0 Å². The molecule has 10 atom stereocenters. The number of esters is 1. The third kappa shape index (κ3) is 10.2. The molecule has 1 amide bonds. The number of benzene rings is 3. The Morgan fingerprint density at radius 1 is 0.949 bits per heavy atom. The highest BCUT2D eigenvalue weighted by Gasteiger charge is 2.49. The summed E-state index contributed by atoms with van der Waals surface area (Å²) in [5, 5.41) is 83.2. The van der Waals surface area contributed by atoms with Crippen LogP contribution in [0.1, 0.15) is 96.5 Å². The number of hydrazone groups is 1. The second-order valence-corrected chi connectivity index (χ2v) is 21.4. The number of aromatic hydroxyl groups is 3. The van der Waals surface area contributed by atoms with Gasteiger partial charge in [0.2, 0.25) is 0 Å². The molecule has 5 bridgehead atoms. The zero-order valence-electron chi connectivity index (χ0n) is 46.0. The van der Waals surface area contributed by atoms with Gasteiger partial charge in [-0.25, -0.2) is 4.39 Å². The van der Waals surface area contributed by atoms with Gasteiger partial charge >= 0.3 is 5.97 Å². The molecule has 1 unspecified atom stereocenters. The Morgan fingerprint density at radius 3 is 2.28 bits per heavy atom. The van der Waals surface area contributed by atoms with E-state index >= 15 is 4.39 Å². The van der Waals surface area contributed by atoms with E-state index in [1.807, 2.05) is 16.4 Å². The van der Waals surface area contributed by atoms with Crippen molar-refractivity contribution in [1.82, 2.24) is 9.58 Å². The molecular formula is C57H71FN6O14. The van der Waals surface area contributed by atoms with Gasteiger partial charge in [0.1, 0.15) is 29.0 Å². The molecule has 20 nitrogen and oxygen atoms in total. The molecule has 0 radical (unpaired) electrons. The van der Waals surface area contributed by atoms with Crippen molar-refractivity contribution in [3.8, 4) is 28.7 Å². The number of nitrogens with one attached hydrogen (secondary N) is 1. The quantitative estimate of drug-likeness (QED) is 0.0237. The summed E-state index contributed by atoms with van der Waals surface area (Å²) in [4.78, 5) is 41.8. The number of carbonyl (C=O) groups is 2. The number of halogens is 1. The molecule has 420 valence electrons. The summed E-state index contributed by atoms with van der Waals surface area (Å²) in [6.07, 6.45) is 8.22. The number of carbonyl (C=O) groups excluding carboxylic acids is 2. The lowest BCUT2D eigenvalue weighted by molar-refractivity contribution is -0.160. The number of amides is 1. The van der Waals surface area contributed by atoms with Crippen molar-refractivity contribution < 1.29 is 68.4 Å². The molecule has 4 aromatic rings. The van der Waals surface area contributed by atoms with Gasteiger partial charge in [-0.1, -0.05) is 51.1 Å². The van der Waals surface area contributed by atoms with Gasteiger partial charge < -0.3 is 69.2 Å². The summed E-state index contributed by atoms with van der Waals surface area (Å²) in [7, 11) is 2.88. The van der Waals surface area contributed by atoms with Crippen molar-refractivity contribution in [2.75, 3.05) is 44.1 Å². The number of pyridine rings is 1. The van der Waals surface area contributed by atoms with Gasteiger partial charge in [-0.3, -0.25) is 19.4 Å². The molecule has 3 aromatic carbocycles. The number of aliphatic hydroxyl groups is 2. The number of piperazine rings is 1. The number of rotatable bonds is 7. The summed E-state index contributed by atoms with van der Waals surface area (Å²) >= 11 is 0. The highest BCUT2D eigenvalue weighted by molar-refractivity contribution is 6.25. The van der Waals surface area contributed by atoms with Crippen molar-refractivity contribution in [3.63, 3.8) is 0 Å². The summed E-state index contributed by atoms with van der Waals surface area (Å²) < 4.78 is 48.4. The summed E-state index contributed by atoms with van der Waals surface area (Å²) in [6, 6.07) is 0.987. The highest BCUT2D eigenvalue weighted by atomic mass is 19.1. The lowest BCUT2D eigenvalue weighted by Gasteiger charge is -2.40. The number of ether oxygens (including phenoxy) is 5. The summed E-state index contributed by atoms with van der Waals surface area (Å²) in [5.41, 5.74) is 0.135. The average molecular weight is 1080 g/mol. The lowest BCUT2D eigenvalue weighted by atomic mass is 9.78. The Kier molecular flexibility index (Phi) is 16.2. The number of aliphatic hydroxyl groups excluding tert-OH is 2. The standard InChI is InChI=1S/C57H71FN6O14/c1-26-14-13-15-27(2)56(72)60-43-37(23-59-64-20-19-62(25-29(64)4)45-38(58)22-36-44(54(45)75-12)63(35-16-17-35)24-28(3)47(36)67)50(70)40-41(51(43)71)49(69)33(8)53-42(40)55(61-73)57(10,78-53)76-21-18-39(74-11)30(5)52(77-34(9)65)32(7)48(68)31(6)46(26)66/h13-15,18,21-24,26,29-32,35,39,46,48,52,66,68-71,73H,16-17,19-20,25H2,1-12H3,(H,60,72)/b14-13+,21-18+,27-15-,59-23+,61-55-/t26-,29?,30+,31+,32+,39-,46-,48+,52+,57-/m0/s1. The van der Waals surface area contributed by atoms with Crippen molar-refractivity contribution >= 4 is 56.9 Å². The maximum absolute atomic E-state index is 16.4. The molecule has 9 rings (SSSR count). The molecule has 1 aromatic heterocycles. The molecule has 5 heterocycles. The fraction of sp³-hybridized carbons (Fsp3) is 0.491. The first-order valence-electron chi connectivity index (χ1n) is 26.1. The van der Waals surface area contributed by atoms with Crippen LogP contribution in [0.5, 0.6) is 28.7 Å². The van der Waals surface area contributed by atoms with Crippen LogP contribution in [-0.4, -0.2) is 134 Å². The number of aryl methyl sites for hydroxylation is 1. The number of allylic oxidation sites excluding steroid dienone is 2. The Labute approximate surface area is 451 Å². The van der Waals surface area contributed by atoms with E-state index in [0.717, 1.165) is 12.8 Å². The molecule has 2 fully saturated rings. The van der Waals surface area contributed by atoms with Gasteiger partial charge in [0.25, 0.3) is 11.7 Å². The van der Waals surface area contributed by atoms with Crippen molar-refractivity contribution in [3.05, 3.63) is 86.7 Å². The highest BCUT2D eigenvalue weighted by Crippen LogP contribution is 2.55. The van der Waals surface area contributed by atoms with Gasteiger partial charge in [-0.05, 0) is 52.7 Å². The lowest BCUT2D eigenvalue weighted by Crippen LogP contribution is -2.50. The Bertz CT molecular complexity index is 3260. The second kappa shape index (κ2) is 22.2. The van der Waals surface area contributed by atoms with Gasteiger partial charge in [0.05, 0.1) is 83.6 Å². The van der Waals surface area contributed by atoms with Crippen LogP contribution in [0.15, 0.2) is 63.5 Å². The number of hydrogen-bond acceptors (Lipinski definition) is 18. The maximum atomic E-state index is 16.4. The topological polar surface area (TPSA) is 267 Å². The van der Waals surface area contributed by atoms with Gasteiger partial charge in [-0.15, -0.1) is 0 Å². The van der Waals surface area contributed by atoms with E-state index in [9.17, 15) is 45.1 Å². The molecule has 21 heteroatoms. The van der Waals surface area contributed by atoms with Crippen LogP contribution in [0.4, 0.5) is 15.8 Å². The fourth-order valence-electron chi connectivity index (χ4n) is 11.2. The third-order valence-corrected chi connectivity index (χ3v) is 15.9. The van der Waals surface area contributed by atoms with Crippen molar-refractivity contribution in [2.24, 2.45) is 33.9 Å². The van der Waals surface area contributed by atoms with E-state index in [-0.39, 0.29) is 98.1 Å². The van der Waals surface area contributed by atoms with Crippen LogP contribution in [-0.2, 0) is 23.8 Å². The molecule has 1 aliphatic carbocycles.